The molecule has 100 valence electrons. The van der Waals surface area contributed by atoms with Crippen molar-refractivity contribution < 1.29 is 13.7 Å². The highest BCUT2D eigenvalue weighted by molar-refractivity contribution is 7.91. The zero-order chi connectivity index (χ0) is 13.0. The molecule has 0 aromatic heterocycles. The average molecular weight is 269 g/mol. The van der Waals surface area contributed by atoms with Gasteiger partial charge in [-0.1, -0.05) is 18.2 Å². The first-order chi connectivity index (χ1) is 8.57. The first kappa shape index (κ1) is 13.5. The number of ether oxygens (including phenoxy) is 2. The third-order valence-corrected chi connectivity index (χ3v) is 4.19. The normalized spacial score (nSPS) is 23.5. The molecule has 2 rings (SSSR count). The minimum Gasteiger partial charge on any atom is -0.353 e. The fraction of sp³-hybridized carbons (Fsp3) is 0.538. The van der Waals surface area contributed by atoms with Gasteiger partial charge >= 0.3 is 0 Å². The van der Waals surface area contributed by atoms with E-state index >= 15 is 0 Å². The average Bonchev–Trinajstić information content (AvgIpc) is 2.37. The Morgan fingerprint density at radius 1 is 1.44 bits per heavy atom. The van der Waals surface area contributed by atoms with Crippen molar-refractivity contribution in [2.24, 2.45) is 0 Å². The van der Waals surface area contributed by atoms with E-state index in [2.05, 4.69) is 0 Å². The lowest BCUT2D eigenvalue weighted by Gasteiger charge is -2.23. The lowest BCUT2D eigenvalue weighted by Crippen LogP contribution is -2.22. The van der Waals surface area contributed by atoms with Crippen LogP contribution in [0.15, 0.2) is 29.2 Å². The van der Waals surface area contributed by atoms with Crippen LogP contribution >= 0.6 is 0 Å². The van der Waals surface area contributed by atoms with Gasteiger partial charge in [-0.25, -0.2) is 8.99 Å². The molecule has 1 N–H and O–H groups in total. The molecule has 5 heteroatoms. The Labute approximate surface area is 108 Å². The smallest absolute Gasteiger partial charge is 0.158 e. The molecule has 2 unspecified atom stereocenters. The van der Waals surface area contributed by atoms with Gasteiger partial charge in [0.05, 0.1) is 21.2 Å². The molecule has 1 aliphatic heterocycles. The summed E-state index contributed by atoms with van der Waals surface area (Å²) in [6.45, 7) is 1.10. The van der Waals surface area contributed by atoms with E-state index in [0.29, 0.717) is 11.5 Å². The van der Waals surface area contributed by atoms with Crippen LogP contribution < -0.4 is 0 Å². The molecule has 1 aliphatic rings. The second-order valence-corrected chi connectivity index (χ2v) is 6.69. The molecule has 0 aliphatic carbocycles. The maximum absolute atomic E-state index is 11.8. The molecule has 1 saturated heterocycles. The summed E-state index contributed by atoms with van der Waals surface area (Å²) in [5, 5.41) is 0. The van der Waals surface area contributed by atoms with Crippen LogP contribution in [0, 0.1) is 4.78 Å². The molecule has 0 amide bonds. The molecule has 4 nitrogen and oxygen atoms in total. The van der Waals surface area contributed by atoms with E-state index in [1.54, 1.807) is 12.1 Å². The maximum Gasteiger partial charge on any atom is 0.158 e. The largest absolute Gasteiger partial charge is 0.353 e. The van der Waals surface area contributed by atoms with Crippen LogP contribution in [0.5, 0.6) is 0 Å². The summed E-state index contributed by atoms with van der Waals surface area (Å²) in [6, 6.07) is 7.26. The quantitative estimate of drug-likeness (QED) is 0.914. The third-order valence-electron chi connectivity index (χ3n) is 2.95. The monoisotopic (exact) mass is 269 g/mol. The van der Waals surface area contributed by atoms with Crippen LogP contribution in [0.3, 0.4) is 0 Å². The lowest BCUT2D eigenvalue weighted by molar-refractivity contribution is -0.169. The Kier molecular flexibility index (Phi) is 4.37. The van der Waals surface area contributed by atoms with E-state index in [1.807, 2.05) is 12.1 Å². The number of nitrogens with one attached hydrogen (secondary N) is 1. The van der Waals surface area contributed by atoms with Crippen molar-refractivity contribution in [3.8, 4) is 0 Å². The van der Waals surface area contributed by atoms with Gasteiger partial charge in [0.15, 0.2) is 6.29 Å². The fourth-order valence-corrected chi connectivity index (χ4v) is 2.99. The summed E-state index contributed by atoms with van der Waals surface area (Å²) in [5.74, 6) is 0. The highest BCUT2D eigenvalue weighted by atomic mass is 32.2. The fourth-order valence-electron chi connectivity index (χ4n) is 2.03. The summed E-state index contributed by atoms with van der Waals surface area (Å²) >= 11 is 0. The molecule has 1 aromatic rings. The molecule has 2 atom stereocenters. The second kappa shape index (κ2) is 5.82. The molecule has 18 heavy (non-hydrogen) atoms. The lowest BCUT2D eigenvalue weighted by atomic mass is 10.2. The number of benzene rings is 1. The van der Waals surface area contributed by atoms with Gasteiger partial charge in [0.2, 0.25) is 0 Å². The van der Waals surface area contributed by atoms with Crippen molar-refractivity contribution in [2.75, 3.05) is 12.9 Å². The van der Waals surface area contributed by atoms with Crippen molar-refractivity contribution >= 4 is 9.73 Å². The van der Waals surface area contributed by atoms with Crippen LogP contribution in [0.1, 0.15) is 24.8 Å². The van der Waals surface area contributed by atoms with E-state index in [-0.39, 0.29) is 6.29 Å². The topological polar surface area (TPSA) is 59.4 Å². The van der Waals surface area contributed by atoms with Crippen molar-refractivity contribution in [3.05, 3.63) is 29.8 Å². The van der Waals surface area contributed by atoms with Gasteiger partial charge in [0.25, 0.3) is 0 Å². The van der Waals surface area contributed by atoms with Gasteiger partial charge in [-0.05, 0) is 30.9 Å². The van der Waals surface area contributed by atoms with Crippen molar-refractivity contribution in [3.63, 3.8) is 0 Å². The first-order valence-electron chi connectivity index (χ1n) is 6.12. The van der Waals surface area contributed by atoms with Crippen molar-refractivity contribution in [1.82, 2.24) is 0 Å². The molecule has 0 saturated carbocycles. The van der Waals surface area contributed by atoms with Gasteiger partial charge in [-0.15, -0.1) is 0 Å². The highest BCUT2D eigenvalue weighted by Gasteiger charge is 2.16. The minimum absolute atomic E-state index is 0.162. The predicted octanol–water partition coefficient (Wildman–Crippen LogP) is 2.77. The predicted molar refractivity (Wildman–Crippen MR) is 69.9 cm³/mol. The molecular formula is C13H19NO3S. The molecule has 1 heterocycles. The van der Waals surface area contributed by atoms with Crippen molar-refractivity contribution in [1.29, 1.82) is 4.78 Å². The summed E-state index contributed by atoms with van der Waals surface area (Å²) in [5.41, 5.74) is 0.814. The standard InChI is InChI=1S/C13H19NO3S/c1-18(14,15)12-7-3-2-6-11(12)10-17-13-8-4-5-9-16-13/h2-3,6-7,13-14H,4-5,8-10H2,1H3. The molecule has 1 fully saturated rings. The van der Waals surface area contributed by atoms with Gasteiger partial charge < -0.3 is 9.47 Å². The van der Waals surface area contributed by atoms with E-state index in [1.165, 1.54) is 6.26 Å². The molecular weight excluding hydrogens is 250 g/mol. The Hall–Kier alpha value is -0.910. The Bertz CT molecular complexity index is 493. The van der Waals surface area contributed by atoms with Crippen LogP contribution in [-0.2, 0) is 25.8 Å². The van der Waals surface area contributed by atoms with E-state index in [0.717, 1.165) is 31.4 Å². The third kappa shape index (κ3) is 3.54. The van der Waals surface area contributed by atoms with Crippen LogP contribution in [0.4, 0.5) is 0 Å². The Morgan fingerprint density at radius 2 is 2.22 bits per heavy atom. The SMILES string of the molecule is CS(=N)(=O)c1ccccc1COC1CCCCO1. The number of hydrogen-bond acceptors (Lipinski definition) is 4. The Balaban J connectivity index is 2.05. The van der Waals surface area contributed by atoms with Gasteiger partial charge in [-0.2, -0.15) is 0 Å². The summed E-state index contributed by atoms with van der Waals surface area (Å²) in [6.07, 6.45) is 4.39. The van der Waals surface area contributed by atoms with Gasteiger partial charge in [0.1, 0.15) is 0 Å². The number of rotatable bonds is 4. The first-order valence-corrected chi connectivity index (χ1v) is 8.09. The van der Waals surface area contributed by atoms with Crippen molar-refractivity contribution in [2.45, 2.75) is 37.1 Å². The minimum atomic E-state index is -2.71. The Morgan fingerprint density at radius 3 is 2.89 bits per heavy atom. The maximum atomic E-state index is 11.8. The highest BCUT2D eigenvalue weighted by Crippen LogP contribution is 2.20. The van der Waals surface area contributed by atoms with Gasteiger partial charge in [0, 0.05) is 12.9 Å². The van der Waals surface area contributed by atoms with Crippen LogP contribution in [0.25, 0.3) is 0 Å². The van der Waals surface area contributed by atoms with Crippen LogP contribution in [-0.4, -0.2) is 23.4 Å². The van der Waals surface area contributed by atoms with E-state index < -0.39 is 9.73 Å². The summed E-state index contributed by atoms with van der Waals surface area (Å²) in [4.78, 5) is 0.556. The van der Waals surface area contributed by atoms with E-state index in [4.69, 9.17) is 14.3 Å². The second-order valence-electron chi connectivity index (χ2n) is 4.56. The molecule has 0 spiro atoms. The van der Waals surface area contributed by atoms with Crippen LogP contribution in [0.2, 0.25) is 0 Å². The van der Waals surface area contributed by atoms with E-state index in [9.17, 15) is 4.21 Å². The zero-order valence-electron chi connectivity index (χ0n) is 10.6. The number of hydrogen-bond donors (Lipinski definition) is 1. The molecule has 0 radical (unpaired) electrons. The molecule has 0 bridgehead atoms. The zero-order valence-corrected chi connectivity index (χ0v) is 11.4. The summed E-state index contributed by atoms with van der Waals surface area (Å²) in [7, 11) is -2.71. The molecule has 1 aromatic carbocycles. The van der Waals surface area contributed by atoms with Gasteiger partial charge in [-0.3, -0.25) is 0 Å². The summed E-state index contributed by atoms with van der Waals surface area (Å²) < 4.78 is 30.7.